The van der Waals surface area contributed by atoms with Gasteiger partial charge in [0.05, 0.1) is 17.2 Å². The summed E-state index contributed by atoms with van der Waals surface area (Å²) in [4.78, 5) is 12.2. The number of aliphatic hydroxyl groups is 4. The van der Waals surface area contributed by atoms with Crippen molar-refractivity contribution >= 4 is 29.2 Å². The first kappa shape index (κ1) is 19.2. The van der Waals surface area contributed by atoms with Gasteiger partial charge in [-0.1, -0.05) is 23.2 Å². The molecule has 24 heavy (non-hydrogen) atoms. The number of hydrogen-bond acceptors (Lipinski definition) is 8. The summed E-state index contributed by atoms with van der Waals surface area (Å²) >= 11 is 11.9. The van der Waals surface area contributed by atoms with Crippen molar-refractivity contribution in [3.63, 3.8) is 0 Å². The molecule has 5 atom stereocenters. The SMILES string of the molecule is COc1c(Cl)ccc(Cl)c1C(=O)OC[C@H]1O[C@@H](O)[C@H](O)[C@@H](O)[C@H]1O. The van der Waals surface area contributed by atoms with Crippen LogP contribution in [-0.4, -0.2) is 70.8 Å². The maximum atomic E-state index is 12.2. The zero-order chi connectivity index (χ0) is 18.0. The number of benzene rings is 1. The van der Waals surface area contributed by atoms with E-state index in [1.807, 2.05) is 0 Å². The van der Waals surface area contributed by atoms with Crippen molar-refractivity contribution in [2.75, 3.05) is 13.7 Å². The van der Waals surface area contributed by atoms with E-state index in [2.05, 4.69) is 0 Å². The van der Waals surface area contributed by atoms with Gasteiger partial charge >= 0.3 is 5.97 Å². The Morgan fingerprint density at radius 2 is 1.75 bits per heavy atom. The number of aliphatic hydroxyl groups excluding tert-OH is 4. The maximum absolute atomic E-state index is 12.2. The lowest BCUT2D eigenvalue weighted by molar-refractivity contribution is -0.286. The molecule has 0 radical (unpaired) electrons. The third-order valence-corrected chi connectivity index (χ3v) is 4.15. The molecule has 1 aromatic carbocycles. The van der Waals surface area contributed by atoms with E-state index >= 15 is 0 Å². The minimum Gasteiger partial charge on any atom is -0.494 e. The molecule has 1 aromatic rings. The van der Waals surface area contributed by atoms with Gasteiger partial charge < -0.3 is 34.6 Å². The van der Waals surface area contributed by atoms with Crippen LogP contribution in [0.1, 0.15) is 10.4 Å². The number of halogens is 2. The van der Waals surface area contributed by atoms with E-state index in [-0.39, 0.29) is 21.4 Å². The zero-order valence-electron chi connectivity index (χ0n) is 12.4. The van der Waals surface area contributed by atoms with Crippen molar-refractivity contribution in [2.24, 2.45) is 0 Å². The normalized spacial score (nSPS) is 30.0. The van der Waals surface area contributed by atoms with E-state index in [0.717, 1.165) is 0 Å². The average Bonchev–Trinajstić information content (AvgIpc) is 2.56. The van der Waals surface area contributed by atoms with E-state index in [9.17, 15) is 25.2 Å². The largest absolute Gasteiger partial charge is 0.494 e. The number of rotatable bonds is 4. The minimum atomic E-state index is -1.73. The number of hydrogen-bond donors (Lipinski definition) is 4. The van der Waals surface area contributed by atoms with Gasteiger partial charge in [0.15, 0.2) is 12.0 Å². The molecule has 1 aliphatic heterocycles. The zero-order valence-corrected chi connectivity index (χ0v) is 13.9. The molecule has 2 rings (SSSR count). The van der Waals surface area contributed by atoms with Gasteiger partial charge in [0.1, 0.15) is 36.6 Å². The number of carbonyl (C=O) groups excluding carboxylic acids is 1. The summed E-state index contributed by atoms with van der Waals surface area (Å²) in [6, 6.07) is 2.83. The van der Waals surface area contributed by atoms with E-state index in [4.69, 9.17) is 37.4 Å². The number of ether oxygens (including phenoxy) is 3. The van der Waals surface area contributed by atoms with Gasteiger partial charge in [-0.05, 0) is 12.1 Å². The number of carbonyl (C=O) groups is 1. The molecular formula is C14H16Cl2O8. The van der Waals surface area contributed by atoms with Gasteiger partial charge in [-0.2, -0.15) is 0 Å². The molecule has 0 bridgehead atoms. The molecule has 4 N–H and O–H groups in total. The lowest BCUT2D eigenvalue weighted by Gasteiger charge is -2.37. The monoisotopic (exact) mass is 382 g/mol. The molecule has 1 aliphatic rings. The lowest BCUT2D eigenvalue weighted by Crippen LogP contribution is -2.58. The average molecular weight is 383 g/mol. The van der Waals surface area contributed by atoms with E-state index in [1.54, 1.807) is 0 Å². The van der Waals surface area contributed by atoms with E-state index in [0.29, 0.717) is 0 Å². The van der Waals surface area contributed by atoms with Crippen molar-refractivity contribution < 1.29 is 39.4 Å². The Morgan fingerprint density at radius 3 is 2.38 bits per heavy atom. The summed E-state index contributed by atoms with van der Waals surface area (Å²) in [5, 5.41) is 38.4. The molecule has 0 aliphatic carbocycles. The summed E-state index contributed by atoms with van der Waals surface area (Å²) < 4.78 is 14.9. The molecular weight excluding hydrogens is 367 g/mol. The molecule has 1 saturated heterocycles. The lowest BCUT2D eigenvalue weighted by atomic mass is 9.99. The van der Waals surface area contributed by atoms with Crippen molar-refractivity contribution in [1.29, 1.82) is 0 Å². The van der Waals surface area contributed by atoms with Crippen molar-refractivity contribution in [2.45, 2.75) is 30.7 Å². The highest BCUT2D eigenvalue weighted by Crippen LogP contribution is 2.34. The fourth-order valence-corrected chi connectivity index (χ4v) is 2.68. The fourth-order valence-electron chi connectivity index (χ4n) is 2.22. The Bertz CT molecular complexity index is 611. The molecule has 134 valence electrons. The molecule has 8 nitrogen and oxygen atoms in total. The molecule has 0 spiro atoms. The molecule has 0 amide bonds. The highest BCUT2D eigenvalue weighted by Gasteiger charge is 2.43. The Balaban J connectivity index is 2.10. The molecule has 0 unspecified atom stereocenters. The van der Waals surface area contributed by atoms with Crippen LogP contribution in [0.4, 0.5) is 0 Å². The molecule has 1 heterocycles. The summed E-state index contributed by atoms with van der Waals surface area (Å²) in [6.07, 6.45) is -7.85. The summed E-state index contributed by atoms with van der Waals surface area (Å²) in [6.45, 7) is -0.507. The van der Waals surface area contributed by atoms with Crippen LogP contribution in [0.5, 0.6) is 5.75 Å². The second kappa shape index (κ2) is 7.83. The smallest absolute Gasteiger partial charge is 0.343 e. The van der Waals surface area contributed by atoms with Crippen LogP contribution in [0, 0.1) is 0 Å². The Hall–Kier alpha value is -1.13. The van der Waals surface area contributed by atoms with Crippen LogP contribution in [-0.2, 0) is 9.47 Å². The second-order valence-electron chi connectivity index (χ2n) is 5.07. The van der Waals surface area contributed by atoms with Gasteiger partial charge in [0.25, 0.3) is 0 Å². The van der Waals surface area contributed by atoms with Crippen LogP contribution in [0.25, 0.3) is 0 Å². The Morgan fingerprint density at radius 1 is 1.12 bits per heavy atom. The first-order chi connectivity index (χ1) is 11.3. The number of methoxy groups -OCH3 is 1. The highest BCUT2D eigenvalue weighted by atomic mass is 35.5. The molecule has 10 heteroatoms. The second-order valence-corrected chi connectivity index (χ2v) is 5.89. The van der Waals surface area contributed by atoms with Gasteiger partial charge in [0.2, 0.25) is 0 Å². The maximum Gasteiger partial charge on any atom is 0.343 e. The van der Waals surface area contributed by atoms with E-state index < -0.39 is 43.3 Å². The van der Waals surface area contributed by atoms with Crippen LogP contribution in [0.2, 0.25) is 10.0 Å². The standard InChI is InChI=1S/C14H16Cl2O8/c1-22-12-6(16)3-2-5(15)8(12)13(20)23-4-7-9(17)10(18)11(19)14(21)24-7/h2-3,7,9-11,14,17-19,21H,4H2,1H3/t7-,9+,10+,11-,14-/m1/s1. The fraction of sp³-hybridized carbons (Fsp3) is 0.500. The predicted molar refractivity (Wildman–Crippen MR) is 82.2 cm³/mol. The minimum absolute atomic E-state index is 0.0229. The van der Waals surface area contributed by atoms with Crippen LogP contribution < -0.4 is 4.74 Å². The topological polar surface area (TPSA) is 126 Å². The summed E-state index contributed by atoms with van der Waals surface area (Å²) in [5.41, 5.74) is -0.113. The Labute approximate surface area is 147 Å². The third-order valence-electron chi connectivity index (χ3n) is 3.53. The van der Waals surface area contributed by atoms with Crippen LogP contribution in [0.3, 0.4) is 0 Å². The third kappa shape index (κ3) is 3.75. The van der Waals surface area contributed by atoms with Crippen molar-refractivity contribution in [1.82, 2.24) is 0 Å². The predicted octanol–water partition coefficient (Wildman–Crippen LogP) is -0.0413. The van der Waals surface area contributed by atoms with Gasteiger partial charge in [-0.3, -0.25) is 0 Å². The van der Waals surface area contributed by atoms with E-state index in [1.165, 1.54) is 19.2 Å². The first-order valence-electron chi connectivity index (χ1n) is 6.84. The number of esters is 1. The van der Waals surface area contributed by atoms with Gasteiger partial charge in [-0.25, -0.2) is 4.79 Å². The Kier molecular flexibility index (Phi) is 6.27. The van der Waals surface area contributed by atoms with Gasteiger partial charge in [0, 0.05) is 0 Å². The van der Waals surface area contributed by atoms with Crippen molar-refractivity contribution in [3.05, 3.63) is 27.7 Å². The van der Waals surface area contributed by atoms with Crippen molar-refractivity contribution in [3.8, 4) is 5.75 Å². The van der Waals surface area contributed by atoms with Crippen LogP contribution >= 0.6 is 23.2 Å². The quantitative estimate of drug-likeness (QED) is 0.534. The van der Waals surface area contributed by atoms with Crippen LogP contribution in [0.15, 0.2) is 12.1 Å². The summed E-state index contributed by atoms with van der Waals surface area (Å²) in [7, 11) is 1.30. The summed E-state index contributed by atoms with van der Waals surface area (Å²) in [5.74, 6) is -0.875. The molecule has 1 fully saturated rings. The first-order valence-corrected chi connectivity index (χ1v) is 7.60. The highest BCUT2D eigenvalue weighted by molar-refractivity contribution is 6.37. The van der Waals surface area contributed by atoms with Gasteiger partial charge in [-0.15, -0.1) is 0 Å². The molecule has 0 aromatic heterocycles. The molecule has 0 saturated carbocycles.